The summed E-state index contributed by atoms with van der Waals surface area (Å²) >= 11 is 3.27. The molecule has 3 rings (SSSR count). The van der Waals surface area contributed by atoms with E-state index in [2.05, 4.69) is 21.0 Å². The Bertz CT molecular complexity index is 825. The van der Waals surface area contributed by atoms with E-state index in [1.165, 1.54) is 4.68 Å². The molecule has 3 aromatic rings. The molecular weight excluding hydrogens is 334 g/mol. The van der Waals surface area contributed by atoms with Crippen LogP contribution >= 0.6 is 15.9 Å². The largest absolute Gasteiger partial charge is 0.453 e. The third-order valence-corrected chi connectivity index (χ3v) is 3.62. The van der Waals surface area contributed by atoms with Gasteiger partial charge in [-0.05, 0) is 41.2 Å². The van der Waals surface area contributed by atoms with Crippen LogP contribution in [-0.4, -0.2) is 21.7 Å². The van der Waals surface area contributed by atoms with Crippen LogP contribution in [0.25, 0.3) is 10.8 Å². The van der Waals surface area contributed by atoms with Gasteiger partial charge in [0.25, 0.3) is 5.56 Å². The van der Waals surface area contributed by atoms with Gasteiger partial charge >= 0.3 is 0 Å². The molecule has 2 heterocycles. The van der Waals surface area contributed by atoms with Crippen molar-refractivity contribution in [3.8, 4) is 0 Å². The Morgan fingerprint density at radius 3 is 2.86 bits per heavy atom. The van der Waals surface area contributed by atoms with E-state index >= 15 is 0 Å². The van der Waals surface area contributed by atoms with E-state index in [1.807, 2.05) is 48.3 Å². The number of hydrogen-bond acceptors (Lipinski definition) is 4. The van der Waals surface area contributed by atoms with Crippen molar-refractivity contribution < 1.29 is 4.42 Å². The zero-order valence-electron chi connectivity index (χ0n) is 11.5. The van der Waals surface area contributed by atoms with E-state index in [4.69, 9.17) is 4.42 Å². The number of benzene rings is 1. The van der Waals surface area contributed by atoms with E-state index in [-0.39, 0.29) is 5.56 Å². The molecule has 0 saturated carbocycles. The third kappa shape index (κ3) is 3.06. The van der Waals surface area contributed by atoms with Gasteiger partial charge in [-0.25, -0.2) is 4.68 Å². The average molecular weight is 348 g/mol. The summed E-state index contributed by atoms with van der Waals surface area (Å²) in [5.41, 5.74) is -0.0828. The van der Waals surface area contributed by atoms with E-state index in [9.17, 15) is 4.79 Å². The quantitative estimate of drug-likeness (QED) is 0.728. The van der Waals surface area contributed by atoms with Crippen LogP contribution in [0.5, 0.6) is 0 Å². The molecule has 1 aromatic carbocycles. The highest BCUT2D eigenvalue weighted by atomic mass is 79.9. The van der Waals surface area contributed by atoms with Crippen molar-refractivity contribution in [3.63, 3.8) is 0 Å². The molecule has 0 N–H and O–H groups in total. The van der Waals surface area contributed by atoms with Crippen LogP contribution in [0.4, 0.5) is 0 Å². The Morgan fingerprint density at radius 1 is 1.29 bits per heavy atom. The highest BCUT2D eigenvalue weighted by Crippen LogP contribution is 2.15. The van der Waals surface area contributed by atoms with Crippen molar-refractivity contribution in [1.82, 2.24) is 14.7 Å². The van der Waals surface area contributed by atoms with Gasteiger partial charge in [-0.3, -0.25) is 9.69 Å². The van der Waals surface area contributed by atoms with Gasteiger partial charge in [0.15, 0.2) is 4.67 Å². The third-order valence-electron chi connectivity index (χ3n) is 3.19. The molecule has 21 heavy (non-hydrogen) atoms. The van der Waals surface area contributed by atoms with Gasteiger partial charge in [0, 0.05) is 5.39 Å². The second kappa shape index (κ2) is 5.83. The number of furan rings is 1. The van der Waals surface area contributed by atoms with Crippen LogP contribution in [0, 0.1) is 0 Å². The molecule has 5 nitrogen and oxygen atoms in total. The lowest BCUT2D eigenvalue weighted by Gasteiger charge is -2.16. The molecule has 0 radical (unpaired) electrons. The van der Waals surface area contributed by atoms with Crippen LogP contribution in [0.3, 0.4) is 0 Å². The Balaban J connectivity index is 1.81. The van der Waals surface area contributed by atoms with Gasteiger partial charge in [0.1, 0.15) is 5.76 Å². The van der Waals surface area contributed by atoms with Crippen molar-refractivity contribution in [2.75, 3.05) is 7.05 Å². The molecule has 108 valence electrons. The van der Waals surface area contributed by atoms with Gasteiger partial charge in [-0.15, -0.1) is 0 Å². The molecule has 0 amide bonds. The molecule has 0 bridgehead atoms. The summed E-state index contributed by atoms with van der Waals surface area (Å²) in [6.07, 6.45) is 1.72. The number of fused-ring (bicyclic) bond motifs is 1. The maximum absolute atomic E-state index is 12.4. The van der Waals surface area contributed by atoms with E-state index in [0.717, 1.165) is 11.1 Å². The number of aromatic nitrogens is 2. The highest BCUT2D eigenvalue weighted by Gasteiger charge is 2.08. The normalized spacial score (nSPS) is 11.4. The monoisotopic (exact) mass is 347 g/mol. The topological polar surface area (TPSA) is 51.3 Å². The molecule has 0 saturated heterocycles. The number of rotatable bonds is 4. The Morgan fingerprint density at radius 2 is 2.10 bits per heavy atom. The lowest BCUT2D eigenvalue weighted by atomic mass is 10.2. The Kier molecular flexibility index (Phi) is 3.90. The van der Waals surface area contributed by atoms with Gasteiger partial charge in [-0.1, -0.05) is 18.2 Å². The molecule has 0 atom stereocenters. The lowest BCUT2D eigenvalue weighted by molar-refractivity contribution is 0.222. The summed E-state index contributed by atoms with van der Waals surface area (Å²) in [5, 5.41) is 5.76. The molecule has 0 spiro atoms. The first-order valence-corrected chi connectivity index (χ1v) is 7.30. The fourth-order valence-electron chi connectivity index (χ4n) is 2.21. The smallest absolute Gasteiger partial charge is 0.275 e. The Labute approximate surface area is 129 Å². The maximum atomic E-state index is 12.4. The molecule has 0 aliphatic rings. The van der Waals surface area contributed by atoms with Crippen molar-refractivity contribution in [2.24, 2.45) is 0 Å². The van der Waals surface area contributed by atoms with Gasteiger partial charge in [0.2, 0.25) is 0 Å². The first-order chi connectivity index (χ1) is 10.1. The van der Waals surface area contributed by atoms with Crippen molar-refractivity contribution >= 4 is 26.7 Å². The van der Waals surface area contributed by atoms with Gasteiger partial charge in [-0.2, -0.15) is 5.10 Å². The van der Waals surface area contributed by atoms with Crippen LogP contribution in [0.1, 0.15) is 5.76 Å². The first kappa shape index (κ1) is 14.0. The Hall–Kier alpha value is -1.92. The SMILES string of the molecule is CN(Cc1ccc(Br)o1)Cn1ncc2ccccc2c1=O. The number of hydrogen-bond donors (Lipinski definition) is 0. The van der Waals surface area contributed by atoms with Crippen LogP contribution in [-0.2, 0) is 13.2 Å². The highest BCUT2D eigenvalue weighted by molar-refractivity contribution is 9.10. The predicted octanol–water partition coefficient (Wildman–Crippen LogP) is 2.84. The zero-order chi connectivity index (χ0) is 14.8. The van der Waals surface area contributed by atoms with E-state index < -0.39 is 0 Å². The minimum absolute atomic E-state index is 0.0828. The summed E-state index contributed by atoms with van der Waals surface area (Å²) in [6.45, 7) is 1.01. The fraction of sp³-hybridized carbons (Fsp3) is 0.200. The number of nitrogens with zero attached hydrogens (tertiary/aromatic N) is 3. The van der Waals surface area contributed by atoms with Crippen molar-refractivity contribution in [2.45, 2.75) is 13.2 Å². The molecular formula is C15H14BrN3O2. The van der Waals surface area contributed by atoms with Gasteiger partial charge < -0.3 is 4.42 Å². The lowest BCUT2D eigenvalue weighted by Crippen LogP contribution is -2.31. The molecule has 0 aliphatic heterocycles. The summed E-state index contributed by atoms with van der Waals surface area (Å²) in [4.78, 5) is 14.3. The first-order valence-electron chi connectivity index (χ1n) is 6.51. The van der Waals surface area contributed by atoms with Crippen molar-refractivity contribution in [3.05, 3.63) is 63.4 Å². The van der Waals surface area contributed by atoms with Crippen molar-refractivity contribution in [1.29, 1.82) is 0 Å². The average Bonchev–Trinajstić information content (AvgIpc) is 2.87. The molecule has 0 fully saturated rings. The second-order valence-electron chi connectivity index (χ2n) is 4.90. The zero-order valence-corrected chi connectivity index (χ0v) is 13.1. The summed E-state index contributed by atoms with van der Waals surface area (Å²) < 4.78 is 7.62. The van der Waals surface area contributed by atoms with Crippen LogP contribution in [0.2, 0.25) is 0 Å². The summed E-state index contributed by atoms with van der Waals surface area (Å²) in [5.74, 6) is 0.832. The van der Waals surface area contributed by atoms with Crippen LogP contribution < -0.4 is 5.56 Å². The molecule has 0 unspecified atom stereocenters. The van der Waals surface area contributed by atoms with E-state index in [1.54, 1.807) is 6.20 Å². The number of halogens is 1. The molecule has 2 aromatic heterocycles. The molecule has 0 aliphatic carbocycles. The minimum Gasteiger partial charge on any atom is -0.453 e. The second-order valence-corrected chi connectivity index (χ2v) is 5.68. The summed E-state index contributed by atoms with van der Waals surface area (Å²) in [6, 6.07) is 11.2. The summed E-state index contributed by atoms with van der Waals surface area (Å²) in [7, 11) is 1.92. The van der Waals surface area contributed by atoms with Gasteiger partial charge in [0.05, 0.1) is 24.8 Å². The maximum Gasteiger partial charge on any atom is 0.275 e. The van der Waals surface area contributed by atoms with Crippen LogP contribution in [0.15, 0.2) is 56.5 Å². The molecule has 6 heteroatoms. The van der Waals surface area contributed by atoms with E-state index in [0.29, 0.717) is 23.3 Å². The standard InChI is InChI=1S/C15H14BrN3O2/c1-18(9-12-6-7-14(16)21-12)10-19-15(20)13-5-3-2-4-11(13)8-17-19/h2-8H,9-10H2,1H3. The fourth-order valence-corrected chi connectivity index (χ4v) is 2.55. The predicted molar refractivity (Wildman–Crippen MR) is 83.9 cm³/mol. The minimum atomic E-state index is -0.0828.